The highest BCUT2D eigenvalue weighted by atomic mass is 16.5. The van der Waals surface area contributed by atoms with E-state index in [2.05, 4.69) is 58.0 Å². The van der Waals surface area contributed by atoms with Crippen molar-refractivity contribution in [1.82, 2.24) is 4.90 Å². The fourth-order valence-corrected chi connectivity index (χ4v) is 4.79. The number of hydrogen-bond acceptors (Lipinski definition) is 5. The minimum Gasteiger partial charge on any atom is -0.497 e. The smallest absolute Gasteiger partial charge is 0.258 e. The number of ether oxygens (including phenoxy) is 1. The standard InChI is InChI=1S/C28H30N4O2/c1-18(27-25-16-22(29)6-10-26(25)31-28(27)33)30-23-7-3-19(4-8-23)17-32-13-11-20-5-9-24(34-2)15-21(20)12-14-32/h3-4,6-11,15-16,30H,5,12-14,17,29H2,1-2H3,(H,31,33)/b27-18-. The van der Waals surface area contributed by atoms with Crippen LogP contribution in [0.5, 0.6) is 0 Å². The van der Waals surface area contributed by atoms with E-state index in [1.54, 1.807) is 13.2 Å². The number of anilines is 3. The summed E-state index contributed by atoms with van der Waals surface area (Å²) in [6.45, 7) is 4.79. The lowest BCUT2D eigenvalue weighted by atomic mass is 9.95. The second-order valence-electron chi connectivity index (χ2n) is 8.98. The molecular formula is C28H30N4O2. The van der Waals surface area contributed by atoms with Crippen LogP contribution in [0.1, 0.15) is 30.9 Å². The monoisotopic (exact) mass is 454 g/mol. The molecule has 2 heterocycles. The van der Waals surface area contributed by atoms with Crippen LogP contribution in [0.2, 0.25) is 0 Å². The summed E-state index contributed by atoms with van der Waals surface area (Å²) in [4.78, 5) is 15.0. The topological polar surface area (TPSA) is 79.6 Å². The lowest BCUT2D eigenvalue weighted by molar-refractivity contribution is -0.110. The van der Waals surface area contributed by atoms with E-state index in [4.69, 9.17) is 10.5 Å². The zero-order valence-electron chi connectivity index (χ0n) is 19.7. The summed E-state index contributed by atoms with van der Waals surface area (Å²) in [6, 6.07) is 13.9. The number of benzene rings is 2. The Morgan fingerprint density at radius 2 is 1.97 bits per heavy atom. The van der Waals surface area contributed by atoms with Gasteiger partial charge in [0, 0.05) is 48.0 Å². The summed E-state index contributed by atoms with van der Waals surface area (Å²) >= 11 is 0. The molecule has 2 aromatic carbocycles. The van der Waals surface area contributed by atoms with Crippen molar-refractivity contribution in [3.8, 4) is 0 Å². The number of carbonyl (C=O) groups excluding carboxylic acids is 1. The molecule has 0 bridgehead atoms. The SMILES string of the molecule is COC1=CCC2=CCN(Cc3ccc(N/C(C)=C4\C(=O)Nc5ccc(N)cc54)cc3)CCC2=C1. The number of rotatable bonds is 5. The van der Waals surface area contributed by atoms with Gasteiger partial charge in [0.2, 0.25) is 0 Å². The fraction of sp³-hybridized carbons (Fsp3) is 0.250. The molecule has 0 saturated heterocycles. The zero-order chi connectivity index (χ0) is 23.7. The van der Waals surface area contributed by atoms with Crippen LogP contribution < -0.4 is 16.4 Å². The minimum absolute atomic E-state index is 0.110. The Labute approximate surface area is 200 Å². The van der Waals surface area contributed by atoms with Gasteiger partial charge >= 0.3 is 0 Å². The van der Waals surface area contributed by atoms with Crippen molar-refractivity contribution in [2.24, 2.45) is 0 Å². The van der Waals surface area contributed by atoms with Crippen LogP contribution in [0.3, 0.4) is 0 Å². The predicted octanol–water partition coefficient (Wildman–Crippen LogP) is 5.06. The summed E-state index contributed by atoms with van der Waals surface area (Å²) in [7, 11) is 1.73. The first kappa shape index (κ1) is 22.0. The van der Waals surface area contributed by atoms with E-state index in [0.29, 0.717) is 11.3 Å². The van der Waals surface area contributed by atoms with Crippen LogP contribution in [-0.2, 0) is 16.1 Å². The normalized spacial score (nSPS) is 19.1. The van der Waals surface area contributed by atoms with Gasteiger partial charge in [-0.15, -0.1) is 0 Å². The van der Waals surface area contributed by atoms with Crippen molar-refractivity contribution in [2.75, 3.05) is 36.6 Å². The third-order valence-electron chi connectivity index (χ3n) is 6.64. The maximum absolute atomic E-state index is 12.5. The second-order valence-corrected chi connectivity index (χ2v) is 8.98. The molecule has 174 valence electrons. The summed E-state index contributed by atoms with van der Waals surface area (Å²) in [6.07, 6.45) is 8.66. The van der Waals surface area contributed by atoms with Gasteiger partial charge in [-0.2, -0.15) is 0 Å². The molecule has 0 radical (unpaired) electrons. The number of methoxy groups -OCH3 is 1. The van der Waals surface area contributed by atoms with Crippen molar-refractivity contribution in [2.45, 2.75) is 26.3 Å². The molecule has 0 unspecified atom stereocenters. The van der Waals surface area contributed by atoms with Crippen molar-refractivity contribution < 1.29 is 9.53 Å². The molecule has 0 atom stereocenters. The molecular weight excluding hydrogens is 424 g/mol. The number of nitrogens with one attached hydrogen (secondary N) is 2. The molecule has 6 nitrogen and oxygen atoms in total. The molecule has 1 amide bonds. The van der Waals surface area contributed by atoms with E-state index < -0.39 is 0 Å². The lowest BCUT2D eigenvalue weighted by Gasteiger charge is -2.20. The molecule has 3 aliphatic rings. The van der Waals surface area contributed by atoms with E-state index >= 15 is 0 Å². The maximum Gasteiger partial charge on any atom is 0.258 e. The van der Waals surface area contributed by atoms with E-state index in [-0.39, 0.29) is 5.91 Å². The fourth-order valence-electron chi connectivity index (χ4n) is 4.79. The van der Waals surface area contributed by atoms with Gasteiger partial charge < -0.3 is 21.1 Å². The van der Waals surface area contributed by atoms with Crippen LogP contribution in [0.4, 0.5) is 17.1 Å². The van der Waals surface area contributed by atoms with Crippen LogP contribution >= 0.6 is 0 Å². The minimum atomic E-state index is -0.110. The Morgan fingerprint density at radius 1 is 1.15 bits per heavy atom. The number of nitrogens with two attached hydrogens (primary N) is 1. The number of allylic oxidation sites excluding steroid dienone is 4. The first-order chi connectivity index (χ1) is 16.5. The first-order valence-corrected chi connectivity index (χ1v) is 11.6. The molecule has 34 heavy (non-hydrogen) atoms. The first-order valence-electron chi connectivity index (χ1n) is 11.6. The van der Waals surface area contributed by atoms with Gasteiger partial charge in [-0.1, -0.05) is 18.2 Å². The Kier molecular flexibility index (Phi) is 5.99. The van der Waals surface area contributed by atoms with Crippen LogP contribution in [0, 0.1) is 0 Å². The van der Waals surface area contributed by atoms with E-state index in [9.17, 15) is 4.79 Å². The second kappa shape index (κ2) is 9.23. The van der Waals surface area contributed by atoms with E-state index in [1.807, 2.05) is 19.1 Å². The quantitative estimate of drug-likeness (QED) is 0.435. The number of nitrogen functional groups attached to an aromatic ring is 1. The molecule has 0 spiro atoms. The van der Waals surface area contributed by atoms with Crippen molar-refractivity contribution in [3.63, 3.8) is 0 Å². The molecule has 0 saturated carbocycles. The number of hydrogen-bond donors (Lipinski definition) is 3. The molecule has 1 aliphatic carbocycles. The zero-order valence-corrected chi connectivity index (χ0v) is 19.7. The van der Waals surface area contributed by atoms with Crippen molar-refractivity contribution >= 4 is 28.5 Å². The third kappa shape index (κ3) is 4.50. The highest BCUT2D eigenvalue weighted by Crippen LogP contribution is 2.35. The number of nitrogens with zero attached hydrogens (tertiary/aromatic N) is 1. The van der Waals surface area contributed by atoms with Gasteiger partial charge in [-0.05, 0) is 79.0 Å². The predicted molar refractivity (Wildman–Crippen MR) is 138 cm³/mol. The van der Waals surface area contributed by atoms with Gasteiger partial charge in [0.1, 0.15) is 5.76 Å². The Hall–Kier alpha value is -3.77. The van der Waals surface area contributed by atoms with E-state index in [0.717, 1.165) is 60.9 Å². The molecule has 5 rings (SSSR count). The lowest BCUT2D eigenvalue weighted by Crippen LogP contribution is -2.23. The third-order valence-corrected chi connectivity index (χ3v) is 6.64. The Bertz CT molecular complexity index is 1250. The highest BCUT2D eigenvalue weighted by Gasteiger charge is 2.26. The number of fused-ring (bicyclic) bond motifs is 2. The average molecular weight is 455 g/mol. The van der Waals surface area contributed by atoms with Crippen molar-refractivity contribution in [1.29, 1.82) is 0 Å². The molecule has 0 aromatic heterocycles. The summed E-state index contributed by atoms with van der Waals surface area (Å²) in [5, 5.41) is 6.30. The average Bonchev–Trinajstić information content (AvgIpc) is 3.03. The Morgan fingerprint density at radius 3 is 2.76 bits per heavy atom. The van der Waals surface area contributed by atoms with E-state index in [1.165, 1.54) is 16.7 Å². The molecule has 2 aliphatic heterocycles. The maximum atomic E-state index is 12.5. The number of carbonyl (C=O) groups is 1. The molecule has 6 heteroatoms. The van der Waals surface area contributed by atoms with Gasteiger partial charge in [0.15, 0.2) is 0 Å². The molecule has 0 fully saturated rings. The summed E-state index contributed by atoms with van der Waals surface area (Å²) in [5.74, 6) is 0.858. The van der Waals surface area contributed by atoms with Gasteiger partial charge in [-0.3, -0.25) is 9.69 Å². The number of amides is 1. The van der Waals surface area contributed by atoms with Gasteiger partial charge in [0.05, 0.1) is 12.7 Å². The van der Waals surface area contributed by atoms with Crippen LogP contribution in [0.25, 0.3) is 5.57 Å². The van der Waals surface area contributed by atoms with Crippen LogP contribution in [-0.4, -0.2) is 31.0 Å². The summed E-state index contributed by atoms with van der Waals surface area (Å²) < 4.78 is 5.41. The van der Waals surface area contributed by atoms with Crippen molar-refractivity contribution in [3.05, 3.63) is 94.4 Å². The molecule has 2 aromatic rings. The van der Waals surface area contributed by atoms with Crippen LogP contribution in [0.15, 0.2) is 83.3 Å². The summed E-state index contributed by atoms with van der Waals surface area (Å²) in [5.41, 5.74) is 14.7. The largest absolute Gasteiger partial charge is 0.497 e. The highest BCUT2D eigenvalue weighted by molar-refractivity contribution is 6.32. The Balaban J connectivity index is 1.25. The van der Waals surface area contributed by atoms with Gasteiger partial charge in [0.25, 0.3) is 5.91 Å². The van der Waals surface area contributed by atoms with Gasteiger partial charge in [-0.25, -0.2) is 0 Å². The molecule has 4 N–H and O–H groups in total.